The number of halogens is 1. The number of anilines is 3. The Kier molecular flexibility index (Phi) is 13.2. The van der Waals surface area contributed by atoms with Gasteiger partial charge in [0.1, 0.15) is 17.7 Å². The lowest BCUT2D eigenvalue weighted by molar-refractivity contribution is -0.347. The lowest BCUT2D eigenvalue weighted by Gasteiger charge is -2.34. The summed E-state index contributed by atoms with van der Waals surface area (Å²) in [5.41, 5.74) is 8.30. The van der Waals surface area contributed by atoms with Crippen LogP contribution in [0.25, 0.3) is 11.3 Å². The van der Waals surface area contributed by atoms with E-state index in [1.54, 1.807) is 28.7 Å². The van der Waals surface area contributed by atoms with Gasteiger partial charge in [0, 0.05) is 106 Å². The smallest absolute Gasteiger partial charge is 0.387 e. The fourth-order valence-corrected chi connectivity index (χ4v) is 12.5. The minimum atomic E-state index is -0.789. The molecular formula is C57H69FN9O5+. The summed E-state index contributed by atoms with van der Waals surface area (Å²) in [6.45, 7) is 14.6. The first-order valence-corrected chi connectivity index (χ1v) is 26.1. The highest BCUT2D eigenvalue weighted by Crippen LogP contribution is 2.46. The van der Waals surface area contributed by atoms with Gasteiger partial charge >= 0.3 is 5.91 Å². The zero-order chi connectivity index (χ0) is 50.7. The van der Waals surface area contributed by atoms with Crippen LogP contribution in [0.4, 0.5) is 21.6 Å². The lowest BCUT2D eigenvalue weighted by Crippen LogP contribution is -2.55. The van der Waals surface area contributed by atoms with Crippen molar-refractivity contribution in [3.05, 3.63) is 106 Å². The zero-order valence-electron chi connectivity index (χ0n) is 42.9. The van der Waals surface area contributed by atoms with Gasteiger partial charge < -0.3 is 25.0 Å². The van der Waals surface area contributed by atoms with Crippen LogP contribution in [0.5, 0.6) is 0 Å². The average Bonchev–Trinajstić information content (AvgIpc) is 3.64. The maximum atomic E-state index is 16.2. The number of carbonyl (C=O) groups is 5. The zero-order valence-corrected chi connectivity index (χ0v) is 42.9. The van der Waals surface area contributed by atoms with Crippen LogP contribution in [0.3, 0.4) is 0 Å². The van der Waals surface area contributed by atoms with Crippen LogP contribution in [0.1, 0.15) is 130 Å². The van der Waals surface area contributed by atoms with Crippen molar-refractivity contribution in [3.63, 3.8) is 0 Å². The van der Waals surface area contributed by atoms with E-state index in [0.29, 0.717) is 61.1 Å². The Morgan fingerprint density at radius 2 is 1.74 bits per heavy atom. The number of aryl methyl sites for hydroxylation is 1. The van der Waals surface area contributed by atoms with Crippen molar-refractivity contribution in [1.29, 1.82) is 0 Å². The summed E-state index contributed by atoms with van der Waals surface area (Å²) in [6, 6.07) is 11.0. The molecule has 0 radical (unpaired) electrons. The van der Waals surface area contributed by atoms with E-state index in [1.165, 1.54) is 6.07 Å². The third-order valence-electron chi connectivity index (χ3n) is 16.7. The lowest BCUT2D eigenvalue weighted by atomic mass is 9.84. The Bertz CT molecular complexity index is 2910. The molecule has 10 rings (SSSR count). The number of rotatable bonds is 10. The van der Waals surface area contributed by atoms with Crippen molar-refractivity contribution in [2.45, 2.75) is 116 Å². The van der Waals surface area contributed by atoms with Gasteiger partial charge in [0.2, 0.25) is 23.4 Å². The second kappa shape index (κ2) is 19.5. The maximum absolute atomic E-state index is 16.2. The molecule has 3 saturated heterocycles. The van der Waals surface area contributed by atoms with Gasteiger partial charge in [-0.05, 0) is 151 Å². The molecule has 72 heavy (non-hydrogen) atoms. The van der Waals surface area contributed by atoms with E-state index in [0.717, 1.165) is 109 Å². The number of hydrogen-bond donors (Lipinski definition) is 3. The monoisotopic (exact) mass is 979 g/mol. The maximum Gasteiger partial charge on any atom is 0.429 e. The van der Waals surface area contributed by atoms with Gasteiger partial charge in [-0.3, -0.25) is 34.3 Å². The Hall–Kier alpha value is -6.57. The molecule has 8 heterocycles. The molecular weight excluding hydrogens is 910 g/mol. The number of carbonyl (C=O) groups excluding carboxylic acids is 5. The number of hydrogen-bond acceptors (Lipinski definition) is 9. The highest BCUT2D eigenvalue weighted by molar-refractivity contribution is 6.14. The highest BCUT2D eigenvalue weighted by Gasteiger charge is 2.49. The number of imide groups is 1. The highest BCUT2D eigenvalue weighted by atomic mass is 19.1. The number of likely N-dealkylation sites (N-methyl/N-ethyl adjacent to an activating group) is 1. The molecule has 3 fully saturated rings. The molecule has 3 unspecified atom stereocenters. The van der Waals surface area contributed by atoms with Crippen molar-refractivity contribution in [2.24, 2.45) is 18.9 Å². The molecule has 0 aliphatic carbocycles. The summed E-state index contributed by atoms with van der Waals surface area (Å²) >= 11 is 0. The number of benzene rings is 2. The molecule has 4 atom stereocenters. The van der Waals surface area contributed by atoms with Gasteiger partial charge in [0.25, 0.3) is 5.91 Å². The number of allylic oxidation sites excluding steroid dienone is 1. The van der Waals surface area contributed by atoms with Crippen molar-refractivity contribution < 1.29 is 32.9 Å². The van der Waals surface area contributed by atoms with Gasteiger partial charge in [0.15, 0.2) is 5.87 Å². The Morgan fingerprint density at radius 3 is 2.44 bits per heavy atom. The van der Waals surface area contributed by atoms with E-state index in [9.17, 15) is 24.0 Å². The second-order valence-electron chi connectivity index (χ2n) is 21.7. The minimum absolute atomic E-state index is 0.0119. The summed E-state index contributed by atoms with van der Waals surface area (Å²) in [5, 5.41) is 9.02. The topological polar surface area (TPSA) is 142 Å². The van der Waals surface area contributed by atoms with Crippen molar-refractivity contribution in [3.8, 4) is 0 Å². The molecule has 5 amide bonds. The van der Waals surface area contributed by atoms with Gasteiger partial charge in [0.05, 0.1) is 28.8 Å². The molecule has 0 spiro atoms. The Labute approximate surface area is 422 Å². The number of piperidine rings is 2. The Morgan fingerprint density at radius 1 is 0.972 bits per heavy atom. The molecule has 14 nitrogen and oxygen atoms in total. The normalized spacial score (nSPS) is 24.1. The number of nitrogens with one attached hydrogen (secondary N) is 3. The third-order valence-corrected chi connectivity index (χ3v) is 16.7. The summed E-state index contributed by atoms with van der Waals surface area (Å²) < 4.78 is 20.0. The largest absolute Gasteiger partial charge is 0.429 e. The summed E-state index contributed by atoms with van der Waals surface area (Å²) in [5.74, 6) is 3.79. The van der Waals surface area contributed by atoms with E-state index in [-0.39, 0.29) is 48.0 Å². The number of amides is 5. The van der Waals surface area contributed by atoms with E-state index < -0.39 is 17.4 Å². The standard InChI is InChI=1S/C57H68FN9O5/c1-34-27-40(30-45(58)52(34)39-17-24-63(25-18-39)36(3)48-33-43-49(28-35(2)60-53(43)62(48)7)66-26-19-41(59-6)31-51(66)69)55(71)65-22-15-38(16-23-65)29-37-9-8-20-64(21-14-37)42-10-11-46-44(32-42)57(4,5)56(72)67(46)47-12-13-50(68)61-54(47)70/h10-11,17,19,27-28,30-33,35-38,47,60H,8-9,12-16,18,20-25,29H2,1-7H3,(H-,59,61,68,69,70)/p+1/t35?,36-,37?,47?/m0/s1. The first-order valence-electron chi connectivity index (χ1n) is 26.1. The van der Waals surface area contributed by atoms with Gasteiger partial charge in [-0.2, -0.15) is 0 Å². The molecule has 3 aromatic rings. The number of fused-ring (bicyclic) bond motifs is 2. The van der Waals surface area contributed by atoms with E-state index in [2.05, 4.69) is 87.4 Å². The van der Waals surface area contributed by atoms with Gasteiger partial charge in [-0.25, -0.2) is 9.18 Å². The molecule has 378 valence electrons. The Balaban J connectivity index is 0.727. The van der Waals surface area contributed by atoms with E-state index >= 15 is 4.39 Å². The number of aromatic nitrogens is 1. The fraction of sp³-hybridized carbons (Fsp3) is 0.491. The first kappa shape index (κ1) is 49.0. The van der Waals surface area contributed by atoms with Crippen LogP contribution in [0.2, 0.25) is 0 Å². The molecule has 2 aromatic carbocycles. The molecule has 15 heteroatoms. The summed E-state index contributed by atoms with van der Waals surface area (Å²) in [4.78, 5) is 73.8. The molecule has 1 aromatic heterocycles. The van der Waals surface area contributed by atoms with Crippen molar-refractivity contribution in [2.75, 3.05) is 61.4 Å². The minimum Gasteiger partial charge on any atom is -0.387 e. The van der Waals surface area contributed by atoms with Crippen LogP contribution >= 0.6 is 0 Å². The van der Waals surface area contributed by atoms with Gasteiger partial charge in [-0.1, -0.05) is 10.7 Å². The number of likely N-dealkylation sites (tertiary alicyclic amines) is 1. The van der Waals surface area contributed by atoms with Crippen molar-refractivity contribution >= 4 is 63.9 Å². The summed E-state index contributed by atoms with van der Waals surface area (Å²) in [6.07, 6.45) is 15.1. The second-order valence-corrected chi connectivity index (χ2v) is 21.7. The van der Waals surface area contributed by atoms with Crippen LogP contribution in [-0.2, 0) is 31.6 Å². The number of nitrogens with zero attached hydrogens (tertiary/aromatic N) is 6. The van der Waals surface area contributed by atoms with Gasteiger partial charge in [-0.15, -0.1) is 0 Å². The van der Waals surface area contributed by atoms with E-state index in [4.69, 9.17) is 0 Å². The molecule has 7 aliphatic rings. The molecule has 3 N–H and O–H groups in total. The first-order chi connectivity index (χ1) is 34.5. The fourth-order valence-electron chi connectivity index (χ4n) is 12.5. The van der Waals surface area contributed by atoms with Crippen LogP contribution in [0, 0.1) is 24.6 Å². The van der Waals surface area contributed by atoms with Crippen LogP contribution < -0.4 is 25.8 Å². The van der Waals surface area contributed by atoms with Crippen molar-refractivity contribution in [1.82, 2.24) is 25.0 Å². The predicted molar refractivity (Wildman–Crippen MR) is 278 cm³/mol. The SMILES string of the molecule is CNC1=CC(=O)[N+](C2=CC(C)Nc3c2cc([C@H](C)N2CC=C(c4c(C)cc(C(=O)N5CCC(CC6CCCN(c7ccc8c(c7)C(C)(C)C(=O)N8C7CCC(=O)NC7=O)CC6)CC5)cc4F)CC2)n3C)=C=C1. The third kappa shape index (κ3) is 9.03. The van der Waals surface area contributed by atoms with Crippen LogP contribution in [-0.4, -0.2) is 113 Å². The predicted octanol–water partition coefficient (Wildman–Crippen LogP) is 7.34. The molecule has 0 bridgehead atoms. The quantitative estimate of drug-likeness (QED) is 0.141. The van der Waals surface area contributed by atoms with Crippen LogP contribution in [0.15, 0.2) is 66.4 Å². The molecule has 7 aliphatic heterocycles. The summed E-state index contributed by atoms with van der Waals surface area (Å²) in [7, 11) is 3.84. The van der Waals surface area contributed by atoms with E-state index in [1.807, 2.05) is 37.8 Å². The molecule has 0 saturated carbocycles. The average molecular weight is 979 g/mol.